The summed E-state index contributed by atoms with van der Waals surface area (Å²) >= 11 is 0. The first-order chi connectivity index (χ1) is 9.60. The second-order valence-corrected chi connectivity index (χ2v) is 5.33. The van der Waals surface area contributed by atoms with Crippen molar-refractivity contribution in [2.24, 2.45) is 0 Å². The number of halogens is 1. The fraction of sp³-hybridized carbons (Fsp3) is 0.333. The van der Waals surface area contributed by atoms with Crippen molar-refractivity contribution in [1.82, 2.24) is 0 Å². The Morgan fingerprint density at radius 1 is 1.05 bits per heavy atom. The summed E-state index contributed by atoms with van der Waals surface area (Å²) in [5.41, 5.74) is 2.97. The normalized spacial score (nSPS) is 14.0. The molecule has 2 aromatic rings. The molecular weight excluding hydrogens is 251 g/mol. The summed E-state index contributed by atoms with van der Waals surface area (Å²) in [7, 11) is 0. The second kappa shape index (κ2) is 6.67. The van der Waals surface area contributed by atoms with Crippen LogP contribution in [-0.4, -0.2) is 5.11 Å². The van der Waals surface area contributed by atoms with Gasteiger partial charge in [-0.15, -0.1) is 0 Å². The van der Waals surface area contributed by atoms with Gasteiger partial charge in [-0.3, -0.25) is 0 Å². The summed E-state index contributed by atoms with van der Waals surface area (Å²) in [6, 6.07) is 14.4. The van der Waals surface area contributed by atoms with Crippen molar-refractivity contribution in [3.05, 3.63) is 71.0 Å². The van der Waals surface area contributed by atoms with Crippen molar-refractivity contribution >= 4 is 0 Å². The maximum atomic E-state index is 13.1. The van der Waals surface area contributed by atoms with E-state index in [9.17, 15) is 9.50 Å². The van der Waals surface area contributed by atoms with Gasteiger partial charge in [0.15, 0.2) is 0 Å². The predicted molar refractivity (Wildman–Crippen MR) is 80.2 cm³/mol. The molecule has 0 bridgehead atoms. The van der Waals surface area contributed by atoms with Crippen molar-refractivity contribution in [2.75, 3.05) is 0 Å². The standard InChI is InChI=1S/C18H21FO/c1-3-13(2)15-7-9-16(10-8-15)18(20)12-14-5-4-6-17(19)11-14/h4-11,13,18,20H,3,12H2,1-2H3. The number of rotatable bonds is 5. The lowest BCUT2D eigenvalue weighted by molar-refractivity contribution is 0.178. The molecule has 0 amide bonds. The van der Waals surface area contributed by atoms with Gasteiger partial charge in [0.1, 0.15) is 5.82 Å². The molecule has 0 fully saturated rings. The average molecular weight is 272 g/mol. The molecule has 106 valence electrons. The molecule has 2 unspecified atom stereocenters. The number of hydrogen-bond acceptors (Lipinski definition) is 1. The van der Waals surface area contributed by atoms with E-state index >= 15 is 0 Å². The molecule has 0 radical (unpaired) electrons. The molecule has 2 aromatic carbocycles. The molecule has 1 nitrogen and oxygen atoms in total. The molecule has 0 aromatic heterocycles. The van der Waals surface area contributed by atoms with Crippen molar-refractivity contribution in [1.29, 1.82) is 0 Å². The summed E-state index contributed by atoms with van der Waals surface area (Å²) in [5.74, 6) is 0.270. The summed E-state index contributed by atoms with van der Waals surface area (Å²) < 4.78 is 13.1. The highest BCUT2D eigenvalue weighted by Crippen LogP contribution is 2.23. The van der Waals surface area contributed by atoms with Crippen LogP contribution in [0.5, 0.6) is 0 Å². The van der Waals surface area contributed by atoms with E-state index in [1.807, 2.05) is 18.2 Å². The molecule has 0 aliphatic carbocycles. The lowest BCUT2D eigenvalue weighted by Gasteiger charge is -2.14. The van der Waals surface area contributed by atoms with E-state index in [0.717, 1.165) is 17.5 Å². The van der Waals surface area contributed by atoms with Crippen LogP contribution in [0.25, 0.3) is 0 Å². The van der Waals surface area contributed by atoms with Gasteiger partial charge in [-0.25, -0.2) is 4.39 Å². The molecule has 0 saturated carbocycles. The molecule has 0 heterocycles. The van der Waals surface area contributed by atoms with E-state index in [1.54, 1.807) is 6.07 Å². The number of hydrogen-bond donors (Lipinski definition) is 1. The Kier molecular flexibility index (Phi) is 4.91. The zero-order valence-corrected chi connectivity index (χ0v) is 12.0. The van der Waals surface area contributed by atoms with E-state index < -0.39 is 6.10 Å². The molecule has 1 N–H and O–H groups in total. The van der Waals surface area contributed by atoms with Crippen LogP contribution in [0.3, 0.4) is 0 Å². The maximum Gasteiger partial charge on any atom is 0.123 e. The highest BCUT2D eigenvalue weighted by molar-refractivity contribution is 5.28. The van der Waals surface area contributed by atoms with Crippen LogP contribution in [0, 0.1) is 5.82 Å². The number of aliphatic hydroxyl groups excluding tert-OH is 1. The van der Waals surface area contributed by atoms with Gasteiger partial charge in [0.05, 0.1) is 6.10 Å². The van der Waals surface area contributed by atoms with E-state index in [2.05, 4.69) is 26.0 Å². The molecule has 0 spiro atoms. The molecule has 0 aliphatic rings. The highest BCUT2D eigenvalue weighted by atomic mass is 19.1. The molecular formula is C18H21FO. The topological polar surface area (TPSA) is 20.2 Å². The Morgan fingerprint density at radius 3 is 2.30 bits per heavy atom. The van der Waals surface area contributed by atoms with Crippen molar-refractivity contribution in [3.8, 4) is 0 Å². The van der Waals surface area contributed by atoms with Gasteiger partial charge in [0, 0.05) is 6.42 Å². The van der Waals surface area contributed by atoms with Gasteiger partial charge in [0.2, 0.25) is 0 Å². The van der Waals surface area contributed by atoms with E-state index in [4.69, 9.17) is 0 Å². The highest BCUT2D eigenvalue weighted by Gasteiger charge is 2.10. The third kappa shape index (κ3) is 3.67. The van der Waals surface area contributed by atoms with Crippen LogP contribution in [-0.2, 0) is 6.42 Å². The van der Waals surface area contributed by atoms with Gasteiger partial charge in [0.25, 0.3) is 0 Å². The third-order valence-electron chi connectivity index (χ3n) is 3.82. The quantitative estimate of drug-likeness (QED) is 0.842. The summed E-state index contributed by atoms with van der Waals surface area (Å²) in [6.07, 6.45) is 0.939. The number of aliphatic hydroxyl groups is 1. The zero-order chi connectivity index (χ0) is 14.5. The Bertz CT molecular complexity index is 548. The van der Waals surface area contributed by atoms with E-state index in [1.165, 1.54) is 17.7 Å². The predicted octanol–water partition coefficient (Wildman–Crippen LogP) is 4.62. The molecule has 0 aliphatic heterocycles. The first-order valence-corrected chi connectivity index (χ1v) is 7.12. The molecule has 20 heavy (non-hydrogen) atoms. The maximum absolute atomic E-state index is 13.1. The summed E-state index contributed by atoms with van der Waals surface area (Å²) in [5, 5.41) is 10.2. The molecule has 2 atom stereocenters. The van der Waals surface area contributed by atoms with Crippen LogP contribution >= 0.6 is 0 Å². The summed E-state index contributed by atoms with van der Waals surface area (Å²) in [6.45, 7) is 4.36. The zero-order valence-electron chi connectivity index (χ0n) is 12.0. The average Bonchev–Trinajstić information content (AvgIpc) is 2.46. The second-order valence-electron chi connectivity index (χ2n) is 5.33. The Balaban J connectivity index is 2.07. The lowest BCUT2D eigenvalue weighted by Crippen LogP contribution is -2.02. The monoisotopic (exact) mass is 272 g/mol. The fourth-order valence-electron chi connectivity index (χ4n) is 2.29. The number of benzene rings is 2. The first-order valence-electron chi connectivity index (χ1n) is 7.12. The Labute approximate surface area is 120 Å². The first kappa shape index (κ1) is 14.7. The van der Waals surface area contributed by atoms with E-state index in [-0.39, 0.29) is 5.82 Å². The van der Waals surface area contributed by atoms with Crippen molar-refractivity contribution in [2.45, 2.75) is 38.7 Å². The van der Waals surface area contributed by atoms with Gasteiger partial charge in [-0.05, 0) is 41.2 Å². The minimum Gasteiger partial charge on any atom is -0.388 e. The van der Waals surface area contributed by atoms with Crippen LogP contribution in [0.2, 0.25) is 0 Å². The van der Waals surface area contributed by atoms with Gasteiger partial charge < -0.3 is 5.11 Å². The lowest BCUT2D eigenvalue weighted by atomic mass is 9.95. The van der Waals surface area contributed by atoms with Crippen molar-refractivity contribution < 1.29 is 9.50 Å². The summed E-state index contributed by atoms with van der Waals surface area (Å²) in [4.78, 5) is 0. The largest absolute Gasteiger partial charge is 0.388 e. The molecule has 0 saturated heterocycles. The van der Waals surface area contributed by atoms with Gasteiger partial charge in [-0.2, -0.15) is 0 Å². The van der Waals surface area contributed by atoms with E-state index in [0.29, 0.717) is 12.3 Å². The van der Waals surface area contributed by atoms with Crippen LogP contribution < -0.4 is 0 Å². The van der Waals surface area contributed by atoms with Crippen LogP contribution in [0.1, 0.15) is 49.0 Å². The Hall–Kier alpha value is -1.67. The minimum atomic E-state index is -0.595. The minimum absolute atomic E-state index is 0.262. The van der Waals surface area contributed by atoms with Crippen LogP contribution in [0.15, 0.2) is 48.5 Å². The SMILES string of the molecule is CCC(C)c1ccc(C(O)Cc2cccc(F)c2)cc1. The van der Waals surface area contributed by atoms with Gasteiger partial charge in [-0.1, -0.05) is 50.2 Å². The molecule has 2 heteroatoms. The van der Waals surface area contributed by atoms with Crippen LogP contribution in [0.4, 0.5) is 4.39 Å². The fourth-order valence-corrected chi connectivity index (χ4v) is 2.29. The van der Waals surface area contributed by atoms with Gasteiger partial charge >= 0.3 is 0 Å². The Morgan fingerprint density at radius 2 is 1.70 bits per heavy atom. The smallest absolute Gasteiger partial charge is 0.123 e. The third-order valence-corrected chi connectivity index (χ3v) is 3.82. The molecule has 2 rings (SSSR count). The van der Waals surface area contributed by atoms with Crippen molar-refractivity contribution in [3.63, 3.8) is 0 Å².